The van der Waals surface area contributed by atoms with Crippen LogP contribution in [0.15, 0.2) is 30.5 Å². The van der Waals surface area contributed by atoms with Crippen molar-refractivity contribution in [1.29, 1.82) is 0 Å². The zero-order valence-electron chi connectivity index (χ0n) is 12.0. The third kappa shape index (κ3) is 3.01. The van der Waals surface area contributed by atoms with E-state index >= 15 is 0 Å². The van der Waals surface area contributed by atoms with Gasteiger partial charge in [0.2, 0.25) is 0 Å². The van der Waals surface area contributed by atoms with Crippen molar-refractivity contribution in [3.63, 3.8) is 0 Å². The van der Waals surface area contributed by atoms with Crippen molar-refractivity contribution < 1.29 is 4.39 Å². The van der Waals surface area contributed by atoms with Crippen LogP contribution in [-0.4, -0.2) is 31.2 Å². The number of benzene rings is 1. The topological polar surface area (TPSA) is 45.4 Å². The van der Waals surface area contributed by atoms with E-state index in [2.05, 4.69) is 14.8 Å². The quantitative estimate of drug-likeness (QED) is 0.947. The van der Waals surface area contributed by atoms with Crippen LogP contribution >= 0.6 is 11.3 Å². The van der Waals surface area contributed by atoms with Gasteiger partial charge in [0.15, 0.2) is 5.13 Å². The molecule has 2 aromatic rings. The molecule has 6 heteroatoms. The number of hydrogen-bond acceptors (Lipinski definition) is 5. The lowest BCUT2D eigenvalue weighted by Crippen LogP contribution is -2.46. The fourth-order valence-electron chi connectivity index (χ4n) is 2.48. The lowest BCUT2D eigenvalue weighted by atomic mass is 10.2. The molecule has 0 saturated carbocycles. The summed E-state index contributed by atoms with van der Waals surface area (Å²) in [6.45, 7) is 5.26. The Hall–Kier alpha value is -1.66. The van der Waals surface area contributed by atoms with Crippen LogP contribution in [0, 0.1) is 5.82 Å². The number of nitrogens with two attached hydrogens (primary N) is 1. The molecule has 1 fully saturated rings. The number of nitrogens with zero attached hydrogens (tertiary/aromatic N) is 3. The molecule has 1 saturated heterocycles. The summed E-state index contributed by atoms with van der Waals surface area (Å²) in [6.07, 6.45) is 1.86. The SMILES string of the molecule is CC(N)c1cnc(N2CCN(c3ccccc3F)CC2)s1. The largest absolute Gasteiger partial charge is 0.366 e. The van der Waals surface area contributed by atoms with Gasteiger partial charge in [-0.2, -0.15) is 0 Å². The van der Waals surface area contributed by atoms with Crippen LogP contribution < -0.4 is 15.5 Å². The summed E-state index contributed by atoms with van der Waals surface area (Å²) in [5, 5.41) is 1.01. The highest BCUT2D eigenvalue weighted by atomic mass is 32.1. The predicted octanol–water partition coefficient (Wildman–Crippen LogP) is 2.63. The second-order valence-corrected chi connectivity index (χ2v) is 6.30. The Bertz CT molecular complexity index is 605. The standard InChI is InChI=1S/C15H19FN4S/c1-11(17)14-10-18-15(21-14)20-8-6-19(7-9-20)13-5-3-2-4-12(13)16/h2-5,10-11H,6-9,17H2,1H3. The van der Waals surface area contributed by atoms with Gasteiger partial charge < -0.3 is 15.5 Å². The van der Waals surface area contributed by atoms with Gasteiger partial charge in [-0.3, -0.25) is 0 Å². The van der Waals surface area contributed by atoms with Gasteiger partial charge in [-0.05, 0) is 19.1 Å². The van der Waals surface area contributed by atoms with Crippen molar-refractivity contribution >= 4 is 22.2 Å². The molecule has 112 valence electrons. The van der Waals surface area contributed by atoms with Gasteiger partial charge in [0.25, 0.3) is 0 Å². The zero-order valence-corrected chi connectivity index (χ0v) is 12.8. The van der Waals surface area contributed by atoms with Gasteiger partial charge in [0.05, 0.1) is 5.69 Å². The molecule has 2 N–H and O–H groups in total. The van der Waals surface area contributed by atoms with Gasteiger partial charge in [-0.1, -0.05) is 12.1 Å². The Balaban J connectivity index is 1.66. The van der Waals surface area contributed by atoms with Gasteiger partial charge in [-0.15, -0.1) is 11.3 Å². The fourth-order valence-corrected chi connectivity index (χ4v) is 3.40. The average Bonchev–Trinajstić information content (AvgIpc) is 2.98. The summed E-state index contributed by atoms with van der Waals surface area (Å²) in [7, 11) is 0. The lowest BCUT2D eigenvalue weighted by Gasteiger charge is -2.36. The first-order valence-electron chi connectivity index (χ1n) is 7.11. The minimum atomic E-state index is -0.153. The third-order valence-electron chi connectivity index (χ3n) is 3.70. The molecule has 0 spiro atoms. The molecule has 1 atom stereocenters. The van der Waals surface area contributed by atoms with Crippen LogP contribution in [0.3, 0.4) is 0 Å². The maximum Gasteiger partial charge on any atom is 0.185 e. The third-order valence-corrected chi connectivity index (χ3v) is 4.96. The lowest BCUT2D eigenvalue weighted by molar-refractivity contribution is 0.597. The fraction of sp³-hybridized carbons (Fsp3) is 0.400. The van der Waals surface area contributed by atoms with E-state index in [9.17, 15) is 4.39 Å². The summed E-state index contributed by atoms with van der Waals surface area (Å²) < 4.78 is 13.8. The molecule has 1 aliphatic rings. The molecule has 3 rings (SSSR count). The number of anilines is 2. The van der Waals surface area contributed by atoms with E-state index in [1.54, 1.807) is 17.4 Å². The van der Waals surface area contributed by atoms with E-state index in [0.717, 1.165) is 36.2 Å². The van der Waals surface area contributed by atoms with Gasteiger partial charge in [0.1, 0.15) is 5.82 Å². The molecular weight excluding hydrogens is 287 g/mol. The first kappa shape index (κ1) is 14.3. The van der Waals surface area contributed by atoms with E-state index in [0.29, 0.717) is 5.69 Å². The predicted molar refractivity (Wildman–Crippen MR) is 85.5 cm³/mol. The van der Waals surface area contributed by atoms with Crippen molar-refractivity contribution in [2.24, 2.45) is 5.73 Å². The summed E-state index contributed by atoms with van der Waals surface area (Å²) in [4.78, 5) is 9.88. The molecule has 1 aromatic heterocycles. The van der Waals surface area contributed by atoms with Crippen LogP contribution in [0.5, 0.6) is 0 Å². The van der Waals surface area contributed by atoms with Crippen molar-refractivity contribution in [2.75, 3.05) is 36.0 Å². The molecule has 1 aliphatic heterocycles. The number of piperazine rings is 1. The smallest absolute Gasteiger partial charge is 0.185 e. The van der Waals surface area contributed by atoms with Gasteiger partial charge in [0, 0.05) is 43.3 Å². The normalized spacial score (nSPS) is 17.1. The monoisotopic (exact) mass is 306 g/mol. The van der Waals surface area contributed by atoms with Gasteiger partial charge >= 0.3 is 0 Å². The van der Waals surface area contributed by atoms with Crippen molar-refractivity contribution in [3.8, 4) is 0 Å². The van der Waals surface area contributed by atoms with E-state index in [-0.39, 0.29) is 11.9 Å². The summed E-state index contributed by atoms with van der Waals surface area (Å²) in [5.74, 6) is -0.153. The van der Waals surface area contributed by atoms with Crippen molar-refractivity contribution in [2.45, 2.75) is 13.0 Å². The van der Waals surface area contributed by atoms with Crippen LogP contribution in [0.2, 0.25) is 0 Å². The van der Waals surface area contributed by atoms with Crippen LogP contribution in [0.25, 0.3) is 0 Å². The molecular formula is C15H19FN4S. The Morgan fingerprint density at radius 3 is 2.48 bits per heavy atom. The van der Waals surface area contributed by atoms with Crippen molar-refractivity contribution in [1.82, 2.24) is 4.98 Å². The minimum absolute atomic E-state index is 0.0240. The Morgan fingerprint density at radius 2 is 1.86 bits per heavy atom. The second-order valence-electron chi connectivity index (χ2n) is 5.26. The first-order chi connectivity index (χ1) is 10.1. The van der Waals surface area contributed by atoms with Gasteiger partial charge in [-0.25, -0.2) is 9.37 Å². The van der Waals surface area contributed by atoms with Crippen molar-refractivity contribution in [3.05, 3.63) is 41.2 Å². The highest BCUT2D eigenvalue weighted by Gasteiger charge is 2.21. The molecule has 0 radical (unpaired) electrons. The minimum Gasteiger partial charge on any atom is -0.366 e. The number of rotatable bonds is 3. The molecule has 0 aliphatic carbocycles. The highest BCUT2D eigenvalue weighted by molar-refractivity contribution is 7.15. The van der Waals surface area contributed by atoms with Crippen LogP contribution in [0.1, 0.15) is 17.8 Å². The number of thiazole rings is 1. The molecule has 1 unspecified atom stereocenters. The second kappa shape index (κ2) is 5.99. The molecule has 21 heavy (non-hydrogen) atoms. The molecule has 4 nitrogen and oxygen atoms in total. The summed E-state index contributed by atoms with van der Waals surface area (Å²) in [6, 6.07) is 6.97. The zero-order chi connectivity index (χ0) is 14.8. The number of halogens is 1. The van der Waals surface area contributed by atoms with E-state index in [1.807, 2.05) is 25.3 Å². The summed E-state index contributed by atoms with van der Waals surface area (Å²) >= 11 is 1.64. The summed E-state index contributed by atoms with van der Waals surface area (Å²) in [5.41, 5.74) is 6.56. The average molecular weight is 306 g/mol. The molecule has 2 heterocycles. The molecule has 0 bridgehead atoms. The Morgan fingerprint density at radius 1 is 1.19 bits per heavy atom. The first-order valence-corrected chi connectivity index (χ1v) is 7.92. The maximum absolute atomic E-state index is 13.8. The number of aromatic nitrogens is 1. The number of para-hydroxylation sites is 1. The highest BCUT2D eigenvalue weighted by Crippen LogP contribution is 2.28. The number of hydrogen-bond donors (Lipinski definition) is 1. The van der Waals surface area contributed by atoms with E-state index < -0.39 is 0 Å². The van der Waals surface area contributed by atoms with E-state index in [4.69, 9.17) is 5.73 Å². The molecule has 1 aromatic carbocycles. The van der Waals surface area contributed by atoms with Crippen LogP contribution in [0.4, 0.5) is 15.2 Å². The van der Waals surface area contributed by atoms with Crippen LogP contribution in [-0.2, 0) is 0 Å². The Kier molecular flexibility index (Phi) is 4.07. The Labute approximate surface area is 128 Å². The van der Waals surface area contributed by atoms with E-state index in [1.165, 1.54) is 6.07 Å². The molecule has 0 amide bonds. The maximum atomic E-state index is 13.8.